The Morgan fingerprint density at radius 2 is 1.88 bits per heavy atom. The third kappa shape index (κ3) is 6.57. The summed E-state index contributed by atoms with van der Waals surface area (Å²) < 4.78 is 5.15. The third-order valence-electron chi connectivity index (χ3n) is 6.19. The Morgan fingerprint density at radius 3 is 2.61 bits per heavy atom. The SMILES string of the molecule is CCOC(=O)CC1CCCc2ccc(NC(=O)c3ccc(C=NN4CCCC4)cc3)cc21.Cl. The molecule has 2 aliphatic rings. The molecular weight excluding hydrogens is 438 g/mol. The number of esters is 1. The Labute approximate surface area is 201 Å². The van der Waals surface area contributed by atoms with E-state index in [-0.39, 0.29) is 30.2 Å². The Bertz CT molecular complexity index is 985. The standard InChI is InChI=1S/C26H31N3O3.ClH/c1-2-32-25(30)16-22-7-5-6-20-12-13-23(17-24(20)22)28-26(31)21-10-8-19(9-11-21)18-27-29-14-3-4-15-29;/h8-13,17-18,22H,2-7,14-16H2,1H3,(H,28,31);1H. The molecule has 1 heterocycles. The van der Waals surface area contributed by atoms with Crippen LogP contribution in [0.2, 0.25) is 0 Å². The summed E-state index contributed by atoms with van der Waals surface area (Å²) in [5.41, 5.74) is 4.73. The fourth-order valence-electron chi connectivity index (χ4n) is 4.50. The predicted molar refractivity (Wildman–Crippen MR) is 133 cm³/mol. The summed E-state index contributed by atoms with van der Waals surface area (Å²) >= 11 is 0. The van der Waals surface area contributed by atoms with Gasteiger partial charge in [0, 0.05) is 24.3 Å². The molecule has 0 bridgehead atoms. The molecule has 6 nitrogen and oxygen atoms in total. The molecule has 0 radical (unpaired) electrons. The number of nitrogens with one attached hydrogen (secondary N) is 1. The van der Waals surface area contributed by atoms with E-state index in [2.05, 4.69) is 21.5 Å². The Morgan fingerprint density at radius 1 is 1.12 bits per heavy atom. The van der Waals surface area contributed by atoms with Gasteiger partial charge >= 0.3 is 5.97 Å². The van der Waals surface area contributed by atoms with E-state index in [1.165, 1.54) is 18.4 Å². The van der Waals surface area contributed by atoms with Crippen LogP contribution in [0.15, 0.2) is 47.6 Å². The summed E-state index contributed by atoms with van der Waals surface area (Å²) in [6.45, 7) is 4.25. The minimum absolute atomic E-state index is 0. The lowest BCUT2D eigenvalue weighted by atomic mass is 9.81. The van der Waals surface area contributed by atoms with Crippen molar-refractivity contribution >= 4 is 36.2 Å². The van der Waals surface area contributed by atoms with Crippen LogP contribution in [0, 0.1) is 0 Å². The number of amides is 1. The molecule has 2 aromatic rings. The number of hydrogen-bond donors (Lipinski definition) is 1. The monoisotopic (exact) mass is 469 g/mol. The van der Waals surface area contributed by atoms with Gasteiger partial charge in [-0.2, -0.15) is 5.10 Å². The number of halogens is 1. The van der Waals surface area contributed by atoms with Gasteiger partial charge in [-0.15, -0.1) is 12.4 Å². The van der Waals surface area contributed by atoms with E-state index < -0.39 is 0 Å². The van der Waals surface area contributed by atoms with Crippen molar-refractivity contribution in [3.8, 4) is 0 Å². The van der Waals surface area contributed by atoms with Gasteiger partial charge < -0.3 is 10.1 Å². The van der Waals surface area contributed by atoms with E-state index in [9.17, 15) is 9.59 Å². The van der Waals surface area contributed by atoms with E-state index in [0.717, 1.165) is 49.2 Å². The highest BCUT2D eigenvalue weighted by Gasteiger charge is 2.24. The molecule has 1 saturated heterocycles. The predicted octanol–water partition coefficient (Wildman–Crippen LogP) is 5.16. The lowest BCUT2D eigenvalue weighted by Crippen LogP contribution is -2.17. The molecule has 1 amide bonds. The van der Waals surface area contributed by atoms with E-state index in [1.54, 1.807) is 0 Å². The Kier molecular flexibility index (Phi) is 8.89. The molecule has 1 fully saturated rings. The van der Waals surface area contributed by atoms with Crippen LogP contribution in [-0.4, -0.2) is 42.8 Å². The lowest BCUT2D eigenvalue weighted by Gasteiger charge is -2.25. The number of ether oxygens (including phenoxy) is 1. The molecule has 1 aliphatic heterocycles. The van der Waals surface area contributed by atoms with Crippen molar-refractivity contribution in [2.45, 2.75) is 51.4 Å². The maximum atomic E-state index is 12.8. The number of rotatable bonds is 7. The van der Waals surface area contributed by atoms with Crippen LogP contribution in [0.4, 0.5) is 5.69 Å². The molecule has 1 N–H and O–H groups in total. The fourth-order valence-corrected chi connectivity index (χ4v) is 4.50. The average molecular weight is 470 g/mol. The van der Waals surface area contributed by atoms with Crippen molar-refractivity contribution < 1.29 is 14.3 Å². The van der Waals surface area contributed by atoms with Gasteiger partial charge in [-0.05, 0) is 85.9 Å². The highest BCUT2D eigenvalue weighted by Crippen LogP contribution is 2.36. The van der Waals surface area contributed by atoms with E-state index in [0.29, 0.717) is 18.6 Å². The molecule has 176 valence electrons. The summed E-state index contributed by atoms with van der Waals surface area (Å²) in [7, 11) is 0. The molecular formula is C26H32ClN3O3. The van der Waals surface area contributed by atoms with E-state index in [1.807, 2.05) is 49.5 Å². The third-order valence-corrected chi connectivity index (χ3v) is 6.19. The highest BCUT2D eigenvalue weighted by atomic mass is 35.5. The molecule has 4 rings (SSSR count). The number of fused-ring (bicyclic) bond motifs is 1. The van der Waals surface area contributed by atoms with Crippen LogP contribution >= 0.6 is 12.4 Å². The molecule has 2 aromatic carbocycles. The highest BCUT2D eigenvalue weighted by molar-refractivity contribution is 6.04. The average Bonchev–Trinajstić information content (AvgIpc) is 3.32. The molecule has 0 aromatic heterocycles. The number of benzene rings is 2. The van der Waals surface area contributed by atoms with Crippen LogP contribution in [0.1, 0.15) is 72.0 Å². The summed E-state index contributed by atoms with van der Waals surface area (Å²) in [5, 5.41) is 9.57. The van der Waals surface area contributed by atoms with Crippen LogP contribution in [-0.2, 0) is 16.0 Å². The second kappa shape index (κ2) is 11.8. The second-order valence-electron chi connectivity index (χ2n) is 8.49. The molecule has 0 spiro atoms. The van der Waals surface area contributed by atoms with Gasteiger partial charge in [0.05, 0.1) is 19.2 Å². The molecule has 1 atom stereocenters. The first-order valence-electron chi connectivity index (χ1n) is 11.6. The maximum absolute atomic E-state index is 12.8. The summed E-state index contributed by atoms with van der Waals surface area (Å²) in [4.78, 5) is 24.8. The smallest absolute Gasteiger partial charge is 0.306 e. The largest absolute Gasteiger partial charge is 0.466 e. The number of carbonyl (C=O) groups excluding carboxylic acids is 2. The van der Waals surface area contributed by atoms with Gasteiger partial charge in [-0.3, -0.25) is 14.6 Å². The first kappa shape index (κ1) is 24.8. The van der Waals surface area contributed by atoms with Crippen LogP contribution < -0.4 is 5.32 Å². The quantitative estimate of drug-likeness (QED) is 0.449. The Balaban J connectivity index is 0.00000306. The van der Waals surface area contributed by atoms with Gasteiger partial charge in [-0.25, -0.2) is 0 Å². The molecule has 33 heavy (non-hydrogen) atoms. The minimum atomic E-state index is -0.159. The maximum Gasteiger partial charge on any atom is 0.306 e. The van der Waals surface area contributed by atoms with Crippen molar-refractivity contribution in [1.82, 2.24) is 5.01 Å². The molecule has 1 unspecified atom stereocenters. The number of nitrogens with zero attached hydrogens (tertiary/aromatic N) is 2. The number of aryl methyl sites for hydroxylation is 1. The van der Waals surface area contributed by atoms with Crippen molar-refractivity contribution in [3.63, 3.8) is 0 Å². The van der Waals surface area contributed by atoms with Gasteiger partial charge in [0.2, 0.25) is 0 Å². The van der Waals surface area contributed by atoms with Gasteiger partial charge in [0.1, 0.15) is 0 Å². The number of anilines is 1. The molecule has 7 heteroatoms. The van der Waals surface area contributed by atoms with Gasteiger partial charge in [0.15, 0.2) is 0 Å². The first-order chi connectivity index (χ1) is 15.6. The lowest BCUT2D eigenvalue weighted by molar-refractivity contribution is -0.143. The summed E-state index contributed by atoms with van der Waals surface area (Å²) in [5.74, 6) is -0.164. The fraction of sp³-hybridized carbons (Fsp3) is 0.423. The summed E-state index contributed by atoms with van der Waals surface area (Å²) in [6, 6.07) is 13.5. The van der Waals surface area contributed by atoms with Crippen molar-refractivity contribution in [2.24, 2.45) is 5.10 Å². The summed E-state index contributed by atoms with van der Waals surface area (Å²) in [6.07, 6.45) is 7.66. The molecule has 1 aliphatic carbocycles. The van der Waals surface area contributed by atoms with E-state index in [4.69, 9.17) is 4.74 Å². The Hall–Kier alpha value is -2.86. The van der Waals surface area contributed by atoms with Crippen LogP contribution in [0.25, 0.3) is 0 Å². The minimum Gasteiger partial charge on any atom is -0.466 e. The topological polar surface area (TPSA) is 71.0 Å². The zero-order valence-electron chi connectivity index (χ0n) is 19.1. The number of hydrogen-bond acceptors (Lipinski definition) is 5. The van der Waals surface area contributed by atoms with Crippen LogP contribution in [0.5, 0.6) is 0 Å². The second-order valence-corrected chi connectivity index (χ2v) is 8.49. The van der Waals surface area contributed by atoms with Crippen molar-refractivity contribution in [2.75, 3.05) is 25.0 Å². The van der Waals surface area contributed by atoms with Crippen molar-refractivity contribution in [1.29, 1.82) is 0 Å². The number of carbonyl (C=O) groups is 2. The zero-order chi connectivity index (χ0) is 22.3. The normalized spacial score (nSPS) is 17.4. The zero-order valence-corrected chi connectivity index (χ0v) is 19.9. The first-order valence-corrected chi connectivity index (χ1v) is 11.6. The van der Waals surface area contributed by atoms with Crippen LogP contribution in [0.3, 0.4) is 0 Å². The van der Waals surface area contributed by atoms with Gasteiger partial charge in [0.25, 0.3) is 5.91 Å². The molecule has 0 saturated carbocycles. The van der Waals surface area contributed by atoms with Gasteiger partial charge in [-0.1, -0.05) is 18.2 Å². The van der Waals surface area contributed by atoms with Crippen molar-refractivity contribution in [3.05, 3.63) is 64.7 Å². The number of hydrazone groups is 1. The van der Waals surface area contributed by atoms with E-state index >= 15 is 0 Å².